The second-order valence-corrected chi connectivity index (χ2v) is 6.33. The molecule has 0 amide bonds. The lowest BCUT2D eigenvalue weighted by atomic mass is 10.2. The third-order valence-corrected chi connectivity index (χ3v) is 4.02. The molecular formula is C18H19N7. The topological polar surface area (TPSA) is 73.8 Å². The molecule has 0 aliphatic heterocycles. The first kappa shape index (κ1) is 15.4. The predicted octanol–water partition coefficient (Wildman–Crippen LogP) is 3.11. The van der Waals surface area contributed by atoms with Gasteiger partial charge in [-0.25, -0.2) is 19.9 Å². The number of nitrogens with zero attached hydrogens (tertiary/aromatic N) is 7. The first-order chi connectivity index (χ1) is 12.0. The molecule has 0 saturated carbocycles. The van der Waals surface area contributed by atoms with E-state index in [1.807, 2.05) is 48.7 Å². The van der Waals surface area contributed by atoms with E-state index in [0.29, 0.717) is 5.78 Å². The number of aryl methyl sites for hydroxylation is 2. The maximum atomic E-state index is 4.79. The smallest absolute Gasteiger partial charge is 0.234 e. The quantitative estimate of drug-likeness (QED) is 0.576. The second kappa shape index (κ2) is 5.77. The normalized spacial score (nSPS) is 11.6. The van der Waals surface area contributed by atoms with Crippen LogP contribution in [0.4, 0.5) is 0 Å². The molecule has 0 radical (unpaired) electrons. The van der Waals surface area contributed by atoms with Crippen molar-refractivity contribution >= 4 is 5.78 Å². The van der Waals surface area contributed by atoms with E-state index in [2.05, 4.69) is 28.8 Å². The molecule has 7 nitrogen and oxygen atoms in total. The van der Waals surface area contributed by atoms with Crippen LogP contribution in [0.1, 0.15) is 37.0 Å². The van der Waals surface area contributed by atoms with Crippen molar-refractivity contribution in [3.8, 4) is 17.3 Å². The van der Waals surface area contributed by atoms with Crippen molar-refractivity contribution in [2.45, 2.75) is 33.6 Å². The Morgan fingerprint density at radius 1 is 1.00 bits per heavy atom. The zero-order valence-corrected chi connectivity index (χ0v) is 14.7. The standard InChI is InChI=1S/C18H19N7/c1-11(2)16-22-17(25(23-16)14-8-5-7-12(3)20-14)15-13(4)21-18-19-9-6-10-24(15)18/h5-11H,1-4H3. The van der Waals surface area contributed by atoms with Gasteiger partial charge < -0.3 is 0 Å². The maximum absolute atomic E-state index is 4.79. The molecule has 126 valence electrons. The minimum absolute atomic E-state index is 0.211. The third-order valence-electron chi connectivity index (χ3n) is 4.02. The summed E-state index contributed by atoms with van der Waals surface area (Å²) in [7, 11) is 0. The lowest BCUT2D eigenvalue weighted by Gasteiger charge is -2.06. The lowest BCUT2D eigenvalue weighted by Crippen LogP contribution is -2.05. The Kier molecular flexibility index (Phi) is 3.56. The Balaban J connectivity index is 2.02. The number of aromatic nitrogens is 7. The highest BCUT2D eigenvalue weighted by atomic mass is 15.4. The first-order valence-corrected chi connectivity index (χ1v) is 8.25. The van der Waals surface area contributed by atoms with Crippen LogP contribution in [0.15, 0.2) is 36.7 Å². The highest BCUT2D eigenvalue weighted by Crippen LogP contribution is 2.26. The molecule has 0 atom stereocenters. The second-order valence-electron chi connectivity index (χ2n) is 6.33. The minimum Gasteiger partial charge on any atom is -0.280 e. The summed E-state index contributed by atoms with van der Waals surface area (Å²) in [4.78, 5) is 18.3. The predicted molar refractivity (Wildman–Crippen MR) is 94.7 cm³/mol. The van der Waals surface area contributed by atoms with Crippen molar-refractivity contribution in [1.29, 1.82) is 0 Å². The molecule has 0 aromatic carbocycles. The fourth-order valence-electron chi connectivity index (χ4n) is 2.80. The maximum Gasteiger partial charge on any atom is 0.234 e. The number of rotatable bonds is 3. The van der Waals surface area contributed by atoms with Crippen LogP contribution in [0.2, 0.25) is 0 Å². The Morgan fingerprint density at radius 2 is 1.84 bits per heavy atom. The summed E-state index contributed by atoms with van der Waals surface area (Å²) in [5.74, 6) is 3.10. The van der Waals surface area contributed by atoms with E-state index in [9.17, 15) is 0 Å². The molecule has 25 heavy (non-hydrogen) atoms. The van der Waals surface area contributed by atoms with Gasteiger partial charge in [0.2, 0.25) is 5.78 Å². The van der Waals surface area contributed by atoms with Crippen LogP contribution < -0.4 is 0 Å². The molecule has 7 heteroatoms. The largest absolute Gasteiger partial charge is 0.280 e. The monoisotopic (exact) mass is 333 g/mol. The molecular weight excluding hydrogens is 314 g/mol. The van der Waals surface area contributed by atoms with E-state index >= 15 is 0 Å². The zero-order chi connectivity index (χ0) is 17.6. The molecule has 4 aromatic heterocycles. The van der Waals surface area contributed by atoms with Gasteiger partial charge in [0.1, 0.15) is 5.69 Å². The molecule has 4 rings (SSSR count). The molecule has 0 saturated heterocycles. The van der Waals surface area contributed by atoms with Gasteiger partial charge in [0.25, 0.3) is 0 Å². The van der Waals surface area contributed by atoms with E-state index in [1.165, 1.54) is 0 Å². The number of hydrogen-bond acceptors (Lipinski definition) is 5. The van der Waals surface area contributed by atoms with Crippen LogP contribution in [-0.2, 0) is 0 Å². The molecule has 0 aliphatic carbocycles. The van der Waals surface area contributed by atoms with Gasteiger partial charge in [-0.05, 0) is 32.0 Å². The molecule has 0 fully saturated rings. The summed E-state index contributed by atoms with van der Waals surface area (Å²) >= 11 is 0. The number of hydrogen-bond donors (Lipinski definition) is 0. The van der Waals surface area contributed by atoms with Gasteiger partial charge in [-0.3, -0.25) is 4.40 Å². The number of imidazole rings is 1. The number of pyridine rings is 1. The van der Waals surface area contributed by atoms with Crippen LogP contribution in [-0.4, -0.2) is 34.1 Å². The SMILES string of the molecule is Cc1cccc(-n2nc(C(C)C)nc2-c2c(C)nc3ncccn23)n1. The van der Waals surface area contributed by atoms with E-state index in [4.69, 9.17) is 10.1 Å². The van der Waals surface area contributed by atoms with Crippen molar-refractivity contribution in [2.75, 3.05) is 0 Å². The van der Waals surface area contributed by atoms with Crippen molar-refractivity contribution < 1.29 is 0 Å². The van der Waals surface area contributed by atoms with Gasteiger partial charge >= 0.3 is 0 Å². The highest BCUT2D eigenvalue weighted by Gasteiger charge is 2.22. The van der Waals surface area contributed by atoms with E-state index < -0.39 is 0 Å². The van der Waals surface area contributed by atoms with E-state index in [-0.39, 0.29) is 5.92 Å². The van der Waals surface area contributed by atoms with E-state index in [0.717, 1.165) is 34.5 Å². The lowest BCUT2D eigenvalue weighted by molar-refractivity contribution is 0.746. The summed E-state index contributed by atoms with van der Waals surface area (Å²) in [5, 5.41) is 4.71. The van der Waals surface area contributed by atoms with Gasteiger partial charge in [-0.15, -0.1) is 5.10 Å². The summed E-state index contributed by atoms with van der Waals surface area (Å²) in [5.41, 5.74) is 2.67. The van der Waals surface area contributed by atoms with E-state index in [1.54, 1.807) is 10.9 Å². The van der Waals surface area contributed by atoms with Gasteiger partial charge in [0, 0.05) is 24.0 Å². The summed E-state index contributed by atoms with van der Waals surface area (Å²) in [6.45, 7) is 8.08. The third kappa shape index (κ3) is 2.57. The Bertz CT molecular complexity index is 1060. The fraction of sp³-hybridized carbons (Fsp3) is 0.278. The highest BCUT2D eigenvalue weighted by molar-refractivity contribution is 5.61. The molecule has 0 unspecified atom stereocenters. The average Bonchev–Trinajstić information content (AvgIpc) is 3.15. The van der Waals surface area contributed by atoms with Crippen molar-refractivity contribution in [3.63, 3.8) is 0 Å². The van der Waals surface area contributed by atoms with Gasteiger partial charge in [0.15, 0.2) is 17.5 Å². The summed E-state index contributed by atoms with van der Waals surface area (Å²) in [6, 6.07) is 7.76. The Morgan fingerprint density at radius 3 is 2.60 bits per heavy atom. The first-order valence-electron chi connectivity index (χ1n) is 8.25. The van der Waals surface area contributed by atoms with Crippen LogP contribution in [0.25, 0.3) is 23.1 Å². The Labute approximate surface area is 145 Å². The molecule has 0 bridgehead atoms. The molecule has 4 heterocycles. The number of fused-ring (bicyclic) bond motifs is 1. The van der Waals surface area contributed by atoms with Gasteiger partial charge in [-0.1, -0.05) is 19.9 Å². The minimum atomic E-state index is 0.211. The zero-order valence-electron chi connectivity index (χ0n) is 14.7. The van der Waals surface area contributed by atoms with Crippen LogP contribution in [0, 0.1) is 13.8 Å². The van der Waals surface area contributed by atoms with Crippen LogP contribution in [0.5, 0.6) is 0 Å². The van der Waals surface area contributed by atoms with Crippen LogP contribution >= 0.6 is 0 Å². The molecule has 0 spiro atoms. The van der Waals surface area contributed by atoms with Crippen molar-refractivity contribution in [3.05, 3.63) is 53.9 Å². The van der Waals surface area contributed by atoms with Gasteiger partial charge in [-0.2, -0.15) is 4.68 Å². The average molecular weight is 333 g/mol. The molecule has 4 aromatic rings. The van der Waals surface area contributed by atoms with Crippen molar-refractivity contribution in [1.82, 2.24) is 34.1 Å². The fourth-order valence-corrected chi connectivity index (χ4v) is 2.80. The summed E-state index contributed by atoms with van der Waals surface area (Å²) < 4.78 is 3.74. The Hall–Kier alpha value is -3.09. The summed E-state index contributed by atoms with van der Waals surface area (Å²) in [6.07, 6.45) is 3.67. The molecule has 0 N–H and O–H groups in total. The van der Waals surface area contributed by atoms with Crippen LogP contribution in [0.3, 0.4) is 0 Å². The van der Waals surface area contributed by atoms with Gasteiger partial charge in [0.05, 0.1) is 5.69 Å². The molecule has 0 aliphatic rings. The van der Waals surface area contributed by atoms with Crippen molar-refractivity contribution in [2.24, 2.45) is 0 Å².